The van der Waals surface area contributed by atoms with E-state index in [0.29, 0.717) is 11.7 Å². The molecule has 2 amide bonds. The molecule has 24 heavy (non-hydrogen) atoms. The molecule has 0 aliphatic heterocycles. The van der Waals surface area contributed by atoms with Gasteiger partial charge in [-0.2, -0.15) is 0 Å². The molecule has 0 bridgehead atoms. The number of nitrogens with one attached hydrogen (secondary N) is 2. The number of carbonyl (C=O) groups is 2. The van der Waals surface area contributed by atoms with Gasteiger partial charge in [-0.3, -0.25) is 14.2 Å². The van der Waals surface area contributed by atoms with E-state index in [1.807, 2.05) is 12.1 Å². The van der Waals surface area contributed by atoms with Crippen LogP contribution in [0.25, 0.3) is 5.82 Å². The van der Waals surface area contributed by atoms with Crippen molar-refractivity contribution in [1.82, 2.24) is 24.8 Å². The third-order valence-electron chi connectivity index (χ3n) is 3.05. The van der Waals surface area contributed by atoms with Crippen LogP contribution in [-0.2, 0) is 11.3 Å². The fourth-order valence-corrected chi connectivity index (χ4v) is 2.70. The predicted octanol–water partition coefficient (Wildman–Crippen LogP) is 1.61. The Hall–Kier alpha value is -3.07. The number of imidazole rings is 1. The molecule has 3 rings (SSSR count). The number of hydrogen-bond acceptors (Lipinski definition) is 6. The van der Waals surface area contributed by atoms with Gasteiger partial charge in [-0.15, -0.1) is 11.3 Å². The molecule has 0 atom stereocenters. The molecule has 0 spiro atoms. The molecule has 3 aromatic heterocycles. The maximum absolute atomic E-state index is 12.1. The fourth-order valence-electron chi connectivity index (χ4n) is 1.97. The van der Waals surface area contributed by atoms with Crippen LogP contribution >= 0.6 is 11.3 Å². The first kappa shape index (κ1) is 15.8. The van der Waals surface area contributed by atoms with Gasteiger partial charge in [-0.25, -0.2) is 15.0 Å². The molecule has 0 saturated carbocycles. The zero-order chi connectivity index (χ0) is 16.9. The molecular weight excluding hydrogens is 328 g/mol. The van der Waals surface area contributed by atoms with E-state index in [9.17, 15) is 9.59 Å². The van der Waals surface area contributed by atoms with Gasteiger partial charge in [0.25, 0.3) is 5.91 Å². The van der Waals surface area contributed by atoms with E-state index in [1.165, 1.54) is 18.3 Å². The van der Waals surface area contributed by atoms with E-state index in [4.69, 9.17) is 0 Å². The SMILES string of the molecule is CC(=O)Nc1nc(C(=O)NCc2ccnc(-n3ccnc3)c2)cs1. The second-order valence-corrected chi connectivity index (χ2v) is 5.75. The summed E-state index contributed by atoms with van der Waals surface area (Å²) in [6, 6.07) is 3.69. The summed E-state index contributed by atoms with van der Waals surface area (Å²) in [5.41, 5.74) is 1.17. The van der Waals surface area contributed by atoms with Gasteiger partial charge in [0.1, 0.15) is 17.8 Å². The molecular formula is C15H14N6O2S. The summed E-state index contributed by atoms with van der Waals surface area (Å²) < 4.78 is 1.78. The molecule has 8 nitrogen and oxygen atoms in total. The quantitative estimate of drug-likeness (QED) is 0.733. The Morgan fingerprint density at radius 2 is 2.21 bits per heavy atom. The highest BCUT2D eigenvalue weighted by molar-refractivity contribution is 7.14. The Morgan fingerprint density at radius 1 is 1.33 bits per heavy atom. The number of pyridine rings is 1. The molecule has 0 saturated heterocycles. The highest BCUT2D eigenvalue weighted by atomic mass is 32.1. The molecule has 0 fully saturated rings. The summed E-state index contributed by atoms with van der Waals surface area (Å²) in [7, 11) is 0. The van der Waals surface area contributed by atoms with Gasteiger partial charge < -0.3 is 10.6 Å². The van der Waals surface area contributed by atoms with Crippen molar-refractivity contribution in [3.05, 3.63) is 53.7 Å². The monoisotopic (exact) mass is 342 g/mol. The van der Waals surface area contributed by atoms with Gasteiger partial charge in [0, 0.05) is 37.4 Å². The van der Waals surface area contributed by atoms with Gasteiger partial charge in [-0.1, -0.05) is 0 Å². The normalized spacial score (nSPS) is 10.4. The van der Waals surface area contributed by atoms with Crippen LogP contribution in [0.2, 0.25) is 0 Å². The van der Waals surface area contributed by atoms with Gasteiger partial charge in [0.2, 0.25) is 5.91 Å². The molecule has 0 unspecified atom stereocenters. The van der Waals surface area contributed by atoms with Crippen LogP contribution in [-0.4, -0.2) is 31.3 Å². The summed E-state index contributed by atoms with van der Waals surface area (Å²) in [6.45, 7) is 1.73. The van der Waals surface area contributed by atoms with Crippen LogP contribution in [0.4, 0.5) is 5.13 Å². The zero-order valence-electron chi connectivity index (χ0n) is 12.8. The number of rotatable bonds is 5. The van der Waals surface area contributed by atoms with Crippen molar-refractivity contribution in [1.29, 1.82) is 0 Å². The van der Waals surface area contributed by atoms with E-state index >= 15 is 0 Å². The van der Waals surface area contributed by atoms with Crippen molar-refractivity contribution in [3.8, 4) is 5.82 Å². The highest BCUT2D eigenvalue weighted by Crippen LogP contribution is 2.15. The molecule has 0 radical (unpaired) electrons. The van der Waals surface area contributed by atoms with Crippen molar-refractivity contribution < 1.29 is 9.59 Å². The molecule has 9 heteroatoms. The topological polar surface area (TPSA) is 102 Å². The Labute approximate surface area is 141 Å². The van der Waals surface area contributed by atoms with Crippen LogP contribution in [0, 0.1) is 0 Å². The van der Waals surface area contributed by atoms with Crippen LogP contribution < -0.4 is 10.6 Å². The van der Waals surface area contributed by atoms with E-state index in [0.717, 1.165) is 11.4 Å². The Bertz CT molecular complexity index is 858. The Balaban J connectivity index is 1.63. The van der Waals surface area contributed by atoms with Crippen molar-refractivity contribution in [2.45, 2.75) is 13.5 Å². The standard InChI is InChI=1S/C15H14N6O2S/c1-10(22)19-15-20-12(8-24-15)14(23)18-7-11-2-3-17-13(6-11)21-5-4-16-9-21/h2-6,8-9H,7H2,1H3,(H,18,23)(H,19,20,22). The second-order valence-electron chi connectivity index (χ2n) is 4.89. The lowest BCUT2D eigenvalue weighted by Gasteiger charge is -2.06. The number of amides is 2. The van der Waals surface area contributed by atoms with Gasteiger partial charge in [0.05, 0.1) is 0 Å². The lowest BCUT2D eigenvalue weighted by Crippen LogP contribution is -2.23. The third-order valence-corrected chi connectivity index (χ3v) is 3.81. The molecule has 122 valence electrons. The Kier molecular flexibility index (Phi) is 4.62. The van der Waals surface area contributed by atoms with Crippen LogP contribution in [0.3, 0.4) is 0 Å². The number of nitrogens with zero attached hydrogens (tertiary/aromatic N) is 4. The maximum atomic E-state index is 12.1. The smallest absolute Gasteiger partial charge is 0.271 e. The van der Waals surface area contributed by atoms with Gasteiger partial charge >= 0.3 is 0 Å². The molecule has 0 aromatic carbocycles. The fraction of sp³-hybridized carbons (Fsp3) is 0.133. The molecule has 3 heterocycles. The minimum Gasteiger partial charge on any atom is -0.347 e. The van der Waals surface area contributed by atoms with Crippen LogP contribution in [0.1, 0.15) is 23.0 Å². The van der Waals surface area contributed by atoms with E-state index < -0.39 is 0 Å². The second kappa shape index (κ2) is 7.01. The minimum absolute atomic E-state index is 0.222. The molecule has 0 aliphatic rings. The average Bonchev–Trinajstić information content (AvgIpc) is 3.24. The van der Waals surface area contributed by atoms with Gasteiger partial charge in [-0.05, 0) is 17.7 Å². The summed E-state index contributed by atoms with van der Waals surface area (Å²) in [5.74, 6) is 0.199. The van der Waals surface area contributed by atoms with Crippen molar-refractivity contribution >= 4 is 28.3 Å². The Morgan fingerprint density at radius 3 is 2.96 bits per heavy atom. The predicted molar refractivity (Wildman–Crippen MR) is 88.9 cm³/mol. The van der Waals surface area contributed by atoms with Crippen LogP contribution in [0.5, 0.6) is 0 Å². The summed E-state index contributed by atoms with van der Waals surface area (Å²) in [4.78, 5) is 35.4. The van der Waals surface area contributed by atoms with Gasteiger partial charge in [0.15, 0.2) is 5.13 Å². The molecule has 3 aromatic rings. The maximum Gasteiger partial charge on any atom is 0.271 e. The lowest BCUT2D eigenvalue weighted by molar-refractivity contribution is -0.114. The minimum atomic E-state index is -0.302. The van der Waals surface area contributed by atoms with Crippen LogP contribution in [0.15, 0.2) is 42.4 Å². The average molecular weight is 342 g/mol. The number of aromatic nitrogens is 4. The lowest BCUT2D eigenvalue weighted by atomic mass is 10.2. The zero-order valence-corrected chi connectivity index (χ0v) is 13.6. The van der Waals surface area contributed by atoms with Crippen molar-refractivity contribution in [3.63, 3.8) is 0 Å². The third kappa shape index (κ3) is 3.82. The van der Waals surface area contributed by atoms with Crippen molar-refractivity contribution in [2.24, 2.45) is 0 Å². The first-order valence-electron chi connectivity index (χ1n) is 7.06. The molecule has 0 aliphatic carbocycles. The number of hydrogen-bond donors (Lipinski definition) is 2. The summed E-state index contributed by atoms with van der Waals surface area (Å²) in [6.07, 6.45) is 6.80. The van der Waals surface area contributed by atoms with E-state index in [2.05, 4.69) is 25.6 Å². The number of anilines is 1. The largest absolute Gasteiger partial charge is 0.347 e. The first-order chi connectivity index (χ1) is 11.6. The number of thiazole rings is 1. The van der Waals surface area contributed by atoms with E-state index in [1.54, 1.807) is 34.9 Å². The molecule has 2 N–H and O–H groups in total. The summed E-state index contributed by atoms with van der Waals surface area (Å²) >= 11 is 1.20. The highest BCUT2D eigenvalue weighted by Gasteiger charge is 2.11. The first-order valence-corrected chi connectivity index (χ1v) is 7.94. The number of carbonyl (C=O) groups excluding carboxylic acids is 2. The van der Waals surface area contributed by atoms with E-state index in [-0.39, 0.29) is 17.5 Å². The van der Waals surface area contributed by atoms with Crippen molar-refractivity contribution in [2.75, 3.05) is 5.32 Å². The summed E-state index contributed by atoms with van der Waals surface area (Å²) in [5, 5.41) is 7.35.